The van der Waals surface area contributed by atoms with E-state index >= 15 is 0 Å². The minimum absolute atomic E-state index is 1.27. The van der Waals surface area contributed by atoms with Crippen molar-refractivity contribution in [2.24, 2.45) is 0 Å². The maximum atomic E-state index is 6.76. The van der Waals surface area contributed by atoms with Gasteiger partial charge in [0.1, 0.15) is 0 Å². The lowest BCUT2D eigenvalue weighted by molar-refractivity contribution is 3.20. The second kappa shape index (κ2) is 32.9. The smallest absolute Gasteiger partial charge is 0 e. The van der Waals surface area contributed by atoms with Crippen molar-refractivity contribution >= 4 is 474 Å². The van der Waals surface area contributed by atoms with Crippen molar-refractivity contribution in [1.82, 2.24) is 0 Å². The molecule has 0 N–H and O–H groups in total. The molecule has 0 saturated heterocycles. The van der Waals surface area contributed by atoms with Crippen LogP contribution in [0.3, 0.4) is 0 Å². The Hall–Kier alpha value is 4.35. The van der Waals surface area contributed by atoms with Gasteiger partial charge < -0.3 is 0 Å². The molecule has 67 heavy (non-hydrogen) atoms. The summed E-state index contributed by atoms with van der Waals surface area (Å²) in [5, 5.41) is 0. The predicted molar refractivity (Wildman–Crippen MR) is 386 cm³/mol. The minimum atomic E-state index is -1.51. The van der Waals surface area contributed by atoms with Crippen molar-refractivity contribution < 1.29 is 0 Å². The maximum Gasteiger partial charge on any atom is 0 e. The van der Waals surface area contributed by atoms with Gasteiger partial charge in [0.05, 0.1) is 0 Å². The largest absolute Gasteiger partial charge is 0 e. The summed E-state index contributed by atoms with van der Waals surface area (Å²) in [6, 6.07) is 0. The summed E-state index contributed by atoms with van der Waals surface area (Å²) in [4.78, 5) is 0. The zero-order valence-electron chi connectivity index (χ0n) is 38.7. The summed E-state index contributed by atoms with van der Waals surface area (Å²) in [6.45, 7) is 0. The molecule has 0 saturated carbocycles. The van der Waals surface area contributed by atoms with Gasteiger partial charge in [-0.05, 0) is 0 Å². The third-order valence-corrected chi connectivity index (χ3v) is 13.8. The van der Waals surface area contributed by atoms with E-state index in [4.69, 9.17) is 263 Å². The molecule has 0 rings (SSSR count). The van der Waals surface area contributed by atoms with Gasteiger partial charge in [0.2, 0.25) is 0 Å². The Morgan fingerprint density at radius 3 is 0.313 bits per heavy atom. The summed E-state index contributed by atoms with van der Waals surface area (Å²) in [7, 11) is 226. The van der Waals surface area contributed by atoms with E-state index in [9.17, 15) is 0 Å². The van der Waals surface area contributed by atoms with Crippen molar-refractivity contribution in [2.45, 2.75) is 0 Å². The quantitative estimate of drug-likeness (QED) is 0.0606. The number of hydrogen-bond donors (Lipinski definition) is 0. The maximum absolute atomic E-state index is 6.76. The highest BCUT2D eigenvalue weighted by Crippen LogP contribution is 2.21. The molecule has 0 aliphatic rings. The van der Waals surface area contributed by atoms with E-state index in [2.05, 4.69) is 0 Å². The Morgan fingerprint density at radius 1 is 0.119 bits per heavy atom. The molecule has 201 valence electrons. The van der Waals surface area contributed by atoms with E-state index in [1.165, 1.54) is 0 Å². The fourth-order valence-corrected chi connectivity index (χ4v) is 11.3. The van der Waals surface area contributed by atoms with Gasteiger partial charge >= 0.3 is 0 Å². The Balaban J connectivity index is 10.6. The van der Waals surface area contributed by atoms with E-state index in [0.29, 0.717) is 0 Å². The normalized spacial score (nSPS) is 9.73. The van der Waals surface area contributed by atoms with Crippen LogP contribution in [0.4, 0.5) is 0 Å². The lowest BCUT2D eigenvalue weighted by atomic mass is 8.26. The summed E-state index contributed by atoms with van der Waals surface area (Å²) < 4.78 is 0. The molecule has 0 aromatic rings. The second-order valence-electron chi connectivity index (χ2n) is 18.7. The molecule has 0 aromatic carbocycles. The van der Waals surface area contributed by atoms with Gasteiger partial charge in [-0.2, -0.15) is 0 Å². The van der Waals surface area contributed by atoms with E-state index in [0.717, 1.165) is 0 Å². The van der Waals surface area contributed by atoms with Crippen LogP contribution >= 0.6 is 0 Å². The molecule has 0 bridgehead atoms. The second-order valence-corrected chi connectivity index (χ2v) is 18.7. The molecule has 67 heteroatoms. The highest BCUT2D eigenvalue weighted by molar-refractivity contribution is 8.35. The average Bonchev–Trinajstić information content (AvgIpc) is 3.10. The standard InChI is InChI=1S/B67/c1-36(2)55(37(3)4)63(52(33)34)67(62(50(29)30)51(31)32)54(66(60(46(21)22)47(23)24)61(48(25)26)49(27)28)35-53(64(56(38(5)6)39(7)8)57(40(9)10)41(11)12)65(58(42(13)14)43(15)16)59(44(17)18)45(19)20. The molecule has 0 amide bonds. The van der Waals surface area contributed by atoms with Gasteiger partial charge in [-0.25, -0.2) is 0 Å². The average molecular weight is 724 g/mol. The molecule has 69 radical (unpaired) electrons. The lowest BCUT2D eigenvalue weighted by Gasteiger charge is -2.55. The summed E-state index contributed by atoms with van der Waals surface area (Å²) in [5.74, 6) is 0. The van der Waals surface area contributed by atoms with Crippen LogP contribution in [0.1, 0.15) is 0 Å². The first-order valence-corrected chi connectivity index (χ1v) is 22.0. The van der Waals surface area contributed by atoms with Crippen LogP contribution in [0.5, 0.6) is 0 Å². The van der Waals surface area contributed by atoms with Crippen LogP contribution in [0.15, 0.2) is 0 Å². The van der Waals surface area contributed by atoms with Gasteiger partial charge in [-0.15, -0.1) is 0 Å². The van der Waals surface area contributed by atoms with Crippen LogP contribution in [-0.2, 0) is 0 Å². The summed E-state index contributed by atoms with van der Waals surface area (Å²) in [6.07, 6.45) is -45.3. The van der Waals surface area contributed by atoms with E-state index in [1.807, 2.05) is 0 Å². The Bertz CT molecular complexity index is 1080. The molecule has 0 heterocycles. The van der Waals surface area contributed by atoms with Crippen LogP contribution < -0.4 is 0 Å². The zero-order valence-corrected chi connectivity index (χ0v) is 38.7. The van der Waals surface area contributed by atoms with Gasteiger partial charge in [0.25, 0.3) is 0 Å². The first kappa shape index (κ1) is 71.4. The molecule has 0 atom stereocenters. The Kier molecular flexibility index (Phi) is 35.1. The van der Waals surface area contributed by atoms with Gasteiger partial charge in [-0.1, -0.05) is 0 Å². The van der Waals surface area contributed by atoms with Crippen molar-refractivity contribution in [1.29, 1.82) is 0 Å². The topological polar surface area (TPSA) is 0 Å². The van der Waals surface area contributed by atoms with E-state index in [1.54, 1.807) is 7.06 Å². The molecule has 0 aliphatic carbocycles. The fourth-order valence-electron chi connectivity index (χ4n) is 11.3. The van der Waals surface area contributed by atoms with Crippen LogP contribution in [0.25, 0.3) is 0 Å². The van der Waals surface area contributed by atoms with Gasteiger partial charge in [0, 0.05) is 474 Å². The van der Waals surface area contributed by atoms with Crippen molar-refractivity contribution in [2.75, 3.05) is 0 Å². The van der Waals surface area contributed by atoms with E-state index < -0.39 is 204 Å². The molecule has 0 aliphatic heterocycles. The van der Waals surface area contributed by atoms with Crippen molar-refractivity contribution in [3.05, 3.63) is 0 Å². The summed E-state index contributed by atoms with van der Waals surface area (Å²) in [5.41, 5.74) is 0. The lowest BCUT2D eigenvalue weighted by Crippen LogP contribution is -2.93. The molecule has 0 fully saturated rings. The van der Waals surface area contributed by atoms with Crippen LogP contribution in [0, 0.1) is 0 Å². The third-order valence-electron chi connectivity index (χ3n) is 13.8. The van der Waals surface area contributed by atoms with Gasteiger partial charge in [0.15, 0.2) is 0 Å². The molecule has 0 nitrogen and oxygen atoms in total. The van der Waals surface area contributed by atoms with Crippen molar-refractivity contribution in [3.63, 3.8) is 0 Å². The van der Waals surface area contributed by atoms with Crippen LogP contribution in [0.2, 0.25) is 0 Å². The highest BCUT2D eigenvalue weighted by Gasteiger charge is 2.59. The summed E-state index contributed by atoms with van der Waals surface area (Å²) >= 11 is 0. The SMILES string of the molecule is [B]B([B])B(B([B])[B])B(B([B])[B])B(B([B]B(B(B(B([B])[B])B([B])[B])B(B([B])[B])B([B])[B])B(B(B([B])[B])B([B])[B])B(B([B])[B])B([B])[B])B(B(B([B])[B])B([B])[B])B(B([B])[B])B([B])[B])B(B([B])[B])B([B])[B]. The first-order valence-electron chi connectivity index (χ1n) is 22.0. The van der Waals surface area contributed by atoms with Gasteiger partial charge in [-0.3, -0.25) is 0 Å². The minimum Gasteiger partial charge on any atom is 0 e. The van der Waals surface area contributed by atoms with Crippen molar-refractivity contribution in [3.8, 4) is 0 Å². The third kappa shape index (κ3) is 20.0. The van der Waals surface area contributed by atoms with Crippen LogP contribution in [-0.4, -0.2) is 474 Å². The first-order chi connectivity index (χ1) is 30.4. The molecule has 0 unspecified atom stereocenters. The fraction of sp³-hybridized carbons (Fsp3) is 0. The zero-order chi connectivity index (χ0) is 53.2. The monoisotopic (exact) mass is 738 g/mol. The number of hydrogen-bond acceptors (Lipinski definition) is 0. The molecule has 0 spiro atoms. The molecule has 0 aromatic heterocycles. The molecular formula is B67. The predicted octanol–water partition coefficient (Wildman–Crippen LogP) is -25.5. The van der Waals surface area contributed by atoms with E-state index in [-0.39, 0.29) is 0 Å². The Morgan fingerprint density at radius 2 is 0.209 bits per heavy atom. The number of rotatable bonds is 32. The molecular weight excluding hydrogens is 724 g/mol. The Labute approximate surface area is 470 Å². The highest BCUT2D eigenvalue weighted by atomic mass is 13.4.